The van der Waals surface area contributed by atoms with Gasteiger partial charge in [-0.05, 0) is 52.7 Å². The zero-order valence-corrected chi connectivity index (χ0v) is 20.3. The number of likely N-dealkylation sites (N-methyl/N-ethyl adjacent to an activating group) is 1. The molecule has 0 atom stereocenters. The summed E-state index contributed by atoms with van der Waals surface area (Å²) < 4.78 is 5.61. The van der Waals surface area contributed by atoms with Crippen molar-refractivity contribution < 1.29 is 9.53 Å². The fourth-order valence-corrected chi connectivity index (χ4v) is 4.84. The third-order valence-electron chi connectivity index (χ3n) is 6.75. The summed E-state index contributed by atoms with van der Waals surface area (Å²) in [5.41, 5.74) is 5.18. The number of methoxy groups -OCH3 is 1. The molecule has 1 heterocycles. The van der Waals surface area contributed by atoms with E-state index in [9.17, 15) is 4.79 Å². The Morgan fingerprint density at radius 2 is 1.60 bits per heavy atom. The molecular formula is C30H31N3O2. The average molecular weight is 466 g/mol. The van der Waals surface area contributed by atoms with Gasteiger partial charge in [0.05, 0.1) is 19.2 Å². The maximum atomic E-state index is 13.1. The highest BCUT2D eigenvalue weighted by molar-refractivity contribution is 6.01. The van der Waals surface area contributed by atoms with Crippen molar-refractivity contribution in [2.24, 2.45) is 0 Å². The van der Waals surface area contributed by atoms with Gasteiger partial charge in [-0.15, -0.1) is 0 Å². The summed E-state index contributed by atoms with van der Waals surface area (Å²) in [5.74, 6) is 0.798. The van der Waals surface area contributed by atoms with Crippen LogP contribution in [0, 0.1) is 0 Å². The first-order valence-electron chi connectivity index (χ1n) is 12.1. The molecule has 1 N–H and O–H groups in total. The fourth-order valence-electron chi connectivity index (χ4n) is 4.84. The number of amides is 1. The number of nitrogens with zero attached hydrogens (tertiary/aromatic N) is 2. The third-order valence-corrected chi connectivity index (χ3v) is 6.75. The fraction of sp³-hybridized carbons (Fsp3) is 0.233. The van der Waals surface area contributed by atoms with Crippen molar-refractivity contribution in [3.8, 4) is 16.9 Å². The van der Waals surface area contributed by atoms with Gasteiger partial charge in [0.15, 0.2) is 0 Å². The number of hydrogen-bond acceptors (Lipinski definition) is 4. The molecule has 1 aliphatic heterocycles. The largest absolute Gasteiger partial charge is 0.495 e. The highest BCUT2D eigenvalue weighted by Gasteiger charge is 2.19. The number of anilines is 2. The Bertz CT molecular complexity index is 1330. The Hall–Kier alpha value is -3.83. The van der Waals surface area contributed by atoms with Gasteiger partial charge in [-0.3, -0.25) is 4.79 Å². The number of piperazine rings is 1. The monoisotopic (exact) mass is 465 g/mol. The minimum Gasteiger partial charge on any atom is -0.495 e. The van der Waals surface area contributed by atoms with E-state index < -0.39 is 0 Å². The molecule has 1 saturated heterocycles. The predicted molar refractivity (Wildman–Crippen MR) is 144 cm³/mol. The smallest absolute Gasteiger partial charge is 0.228 e. The number of ether oxygens (including phenoxy) is 1. The van der Waals surface area contributed by atoms with E-state index in [0.29, 0.717) is 6.42 Å². The number of carbonyl (C=O) groups is 1. The first-order chi connectivity index (χ1) is 17.1. The molecule has 0 radical (unpaired) electrons. The van der Waals surface area contributed by atoms with Crippen LogP contribution in [-0.4, -0.2) is 51.1 Å². The minimum absolute atomic E-state index is 0.0305. The molecule has 1 fully saturated rings. The summed E-state index contributed by atoms with van der Waals surface area (Å²) in [6.07, 6.45) is 0.311. The standard InChI is InChI=1S/C30H31N3O2/c1-32-16-18-33(19-17-32)28-21-24(14-15-29(28)35-2)31-30(34)20-23-10-6-13-27-25(11-7-12-26(23)27)22-8-4-3-5-9-22/h3-15,21H,16-20H2,1-2H3,(H,31,34). The van der Waals surface area contributed by atoms with Crippen molar-refractivity contribution in [1.82, 2.24) is 4.90 Å². The van der Waals surface area contributed by atoms with Crippen LogP contribution < -0.4 is 15.0 Å². The Morgan fingerprint density at radius 3 is 2.37 bits per heavy atom. The SMILES string of the molecule is COc1ccc(NC(=O)Cc2cccc3c(-c4ccccc4)cccc23)cc1N1CCN(C)CC1. The lowest BCUT2D eigenvalue weighted by Crippen LogP contribution is -2.44. The minimum atomic E-state index is -0.0305. The van der Waals surface area contributed by atoms with Crippen LogP contribution in [-0.2, 0) is 11.2 Å². The van der Waals surface area contributed by atoms with E-state index in [4.69, 9.17) is 4.74 Å². The molecule has 5 heteroatoms. The zero-order valence-electron chi connectivity index (χ0n) is 20.3. The Balaban J connectivity index is 1.37. The van der Waals surface area contributed by atoms with E-state index in [1.165, 1.54) is 11.1 Å². The molecule has 4 aromatic rings. The molecule has 4 aromatic carbocycles. The van der Waals surface area contributed by atoms with Gasteiger partial charge >= 0.3 is 0 Å². The van der Waals surface area contributed by atoms with Gasteiger partial charge in [-0.25, -0.2) is 0 Å². The number of benzene rings is 4. The van der Waals surface area contributed by atoms with Gasteiger partial charge in [0.25, 0.3) is 0 Å². The van der Waals surface area contributed by atoms with Crippen molar-refractivity contribution >= 4 is 28.1 Å². The third kappa shape index (κ3) is 5.00. The first-order valence-corrected chi connectivity index (χ1v) is 12.1. The molecule has 0 bridgehead atoms. The van der Waals surface area contributed by atoms with Crippen molar-refractivity contribution in [2.45, 2.75) is 6.42 Å². The maximum Gasteiger partial charge on any atom is 0.228 e. The molecule has 35 heavy (non-hydrogen) atoms. The number of fused-ring (bicyclic) bond motifs is 1. The Kier molecular flexibility index (Phi) is 6.68. The van der Waals surface area contributed by atoms with E-state index >= 15 is 0 Å². The molecule has 0 unspecified atom stereocenters. The van der Waals surface area contributed by atoms with Crippen molar-refractivity contribution in [2.75, 3.05) is 50.6 Å². The maximum absolute atomic E-state index is 13.1. The average Bonchev–Trinajstić information content (AvgIpc) is 2.89. The quantitative estimate of drug-likeness (QED) is 0.411. The first kappa shape index (κ1) is 22.9. The van der Waals surface area contributed by atoms with E-state index in [-0.39, 0.29) is 5.91 Å². The molecule has 178 valence electrons. The number of rotatable bonds is 6. The molecule has 1 amide bonds. The Labute approximate surface area is 206 Å². The molecule has 0 spiro atoms. The second kappa shape index (κ2) is 10.2. The van der Waals surface area contributed by atoms with Crippen LogP contribution in [0.4, 0.5) is 11.4 Å². The molecule has 0 aromatic heterocycles. The lowest BCUT2D eigenvalue weighted by atomic mass is 9.94. The molecule has 5 rings (SSSR count). The van der Waals surface area contributed by atoms with Gasteiger partial charge in [0.1, 0.15) is 5.75 Å². The molecule has 0 saturated carbocycles. The normalized spacial score (nSPS) is 14.2. The highest BCUT2D eigenvalue weighted by atomic mass is 16.5. The second-order valence-corrected chi connectivity index (χ2v) is 9.09. The van der Waals surface area contributed by atoms with Gasteiger partial charge in [0.2, 0.25) is 5.91 Å². The molecular weight excluding hydrogens is 434 g/mol. The lowest BCUT2D eigenvalue weighted by molar-refractivity contribution is -0.115. The van der Waals surface area contributed by atoms with E-state index in [1.807, 2.05) is 36.4 Å². The van der Waals surface area contributed by atoms with Gasteiger partial charge in [-0.2, -0.15) is 0 Å². The van der Waals surface area contributed by atoms with Crippen molar-refractivity contribution in [3.05, 3.63) is 90.5 Å². The summed E-state index contributed by atoms with van der Waals surface area (Å²) in [6, 6.07) is 28.8. The van der Waals surface area contributed by atoms with Gasteiger partial charge < -0.3 is 19.9 Å². The lowest BCUT2D eigenvalue weighted by Gasteiger charge is -2.35. The summed E-state index contributed by atoms with van der Waals surface area (Å²) in [4.78, 5) is 17.7. The van der Waals surface area contributed by atoms with Gasteiger partial charge in [0, 0.05) is 31.9 Å². The molecule has 5 nitrogen and oxygen atoms in total. The summed E-state index contributed by atoms with van der Waals surface area (Å²) >= 11 is 0. The van der Waals surface area contributed by atoms with Crippen LogP contribution in [0.25, 0.3) is 21.9 Å². The molecule has 0 aliphatic carbocycles. The number of carbonyl (C=O) groups excluding carboxylic acids is 1. The van der Waals surface area contributed by atoms with Crippen LogP contribution in [0.1, 0.15) is 5.56 Å². The van der Waals surface area contributed by atoms with Crippen LogP contribution in [0.15, 0.2) is 84.9 Å². The second-order valence-electron chi connectivity index (χ2n) is 9.09. The van der Waals surface area contributed by atoms with Crippen LogP contribution >= 0.6 is 0 Å². The summed E-state index contributed by atoms with van der Waals surface area (Å²) in [6.45, 7) is 3.88. The van der Waals surface area contributed by atoms with Crippen molar-refractivity contribution in [1.29, 1.82) is 0 Å². The topological polar surface area (TPSA) is 44.8 Å². The van der Waals surface area contributed by atoms with E-state index in [2.05, 4.69) is 70.7 Å². The Morgan fingerprint density at radius 1 is 0.857 bits per heavy atom. The van der Waals surface area contributed by atoms with Crippen LogP contribution in [0.2, 0.25) is 0 Å². The number of nitrogens with one attached hydrogen (secondary N) is 1. The predicted octanol–water partition coefficient (Wildman–Crippen LogP) is 5.45. The van der Waals surface area contributed by atoms with Crippen LogP contribution in [0.3, 0.4) is 0 Å². The van der Waals surface area contributed by atoms with Crippen LogP contribution in [0.5, 0.6) is 5.75 Å². The summed E-state index contributed by atoms with van der Waals surface area (Å²) in [5, 5.41) is 5.38. The summed E-state index contributed by atoms with van der Waals surface area (Å²) in [7, 11) is 3.83. The van der Waals surface area contributed by atoms with E-state index in [0.717, 1.165) is 59.6 Å². The molecule has 1 aliphatic rings. The number of hydrogen-bond donors (Lipinski definition) is 1. The van der Waals surface area contributed by atoms with Gasteiger partial charge in [-0.1, -0.05) is 66.7 Å². The zero-order chi connectivity index (χ0) is 24.2. The van der Waals surface area contributed by atoms with Crippen molar-refractivity contribution in [3.63, 3.8) is 0 Å². The highest BCUT2D eigenvalue weighted by Crippen LogP contribution is 2.33. The van der Waals surface area contributed by atoms with E-state index in [1.54, 1.807) is 7.11 Å².